The van der Waals surface area contributed by atoms with E-state index in [-0.39, 0.29) is 0 Å². The van der Waals surface area contributed by atoms with Gasteiger partial charge in [-0.25, -0.2) is 0 Å². The maximum absolute atomic E-state index is 5.38. The number of rotatable bonds is 6. The zero-order valence-corrected chi connectivity index (χ0v) is 15.2. The summed E-state index contributed by atoms with van der Waals surface area (Å²) in [5.74, 6) is 1.64. The number of benzene rings is 2. The number of aromatic nitrogens is 1. The maximum atomic E-state index is 5.38. The highest BCUT2D eigenvalue weighted by molar-refractivity contribution is 5.82. The van der Waals surface area contributed by atoms with Gasteiger partial charge in [-0.15, -0.1) is 0 Å². The van der Waals surface area contributed by atoms with E-state index in [0.717, 1.165) is 35.8 Å². The Labute approximate surface area is 154 Å². The molecule has 1 heterocycles. The third-order valence-corrected chi connectivity index (χ3v) is 4.27. The van der Waals surface area contributed by atoms with E-state index in [2.05, 4.69) is 44.9 Å². The largest absolute Gasteiger partial charge is 0.496 e. The lowest BCUT2D eigenvalue weighted by Crippen LogP contribution is -2.37. The van der Waals surface area contributed by atoms with Crippen molar-refractivity contribution in [2.45, 2.75) is 13.0 Å². The van der Waals surface area contributed by atoms with Crippen LogP contribution in [0.4, 0.5) is 0 Å². The fourth-order valence-electron chi connectivity index (χ4n) is 2.93. The van der Waals surface area contributed by atoms with Crippen LogP contribution in [0, 0.1) is 0 Å². The molecule has 0 fully saturated rings. The number of nitrogens with zero attached hydrogens (tertiary/aromatic N) is 2. The van der Waals surface area contributed by atoms with Crippen LogP contribution < -0.4 is 15.4 Å². The van der Waals surface area contributed by atoms with Crippen LogP contribution in [0.1, 0.15) is 11.1 Å². The third-order valence-electron chi connectivity index (χ3n) is 4.27. The number of hydrogen-bond donors (Lipinski definition) is 2. The Morgan fingerprint density at radius 1 is 1.00 bits per heavy atom. The Balaban J connectivity index is 1.56. The van der Waals surface area contributed by atoms with Crippen molar-refractivity contribution in [1.82, 2.24) is 15.6 Å². The van der Waals surface area contributed by atoms with Crippen LogP contribution in [0.2, 0.25) is 0 Å². The number of fused-ring (bicyclic) bond motifs is 1. The molecule has 0 radical (unpaired) electrons. The predicted molar refractivity (Wildman–Crippen MR) is 107 cm³/mol. The van der Waals surface area contributed by atoms with Crippen molar-refractivity contribution in [3.05, 3.63) is 71.9 Å². The van der Waals surface area contributed by atoms with Crippen molar-refractivity contribution in [3.8, 4) is 5.75 Å². The highest BCUT2D eigenvalue weighted by Gasteiger charge is 2.05. The molecule has 2 aromatic carbocycles. The molecule has 5 heteroatoms. The number of methoxy groups -OCH3 is 1. The lowest BCUT2D eigenvalue weighted by Gasteiger charge is -2.14. The highest BCUT2D eigenvalue weighted by Crippen LogP contribution is 2.17. The van der Waals surface area contributed by atoms with Crippen LogP contribution in [0.15, 0.2) is 65.8 Å². The standard InChI is InChI=1S/C21H24N4O/c1-22-21(25-15-18-7-3-4-11-19(18)26-2)24-14-12-17-9-5-8-16-10-6-13-23-20(16)17/h3-11,13H,12,14-15H2,1-2H3,(H2,22,24,25). The molecule has 5 nitrogen and oxygen atoms in total. The van der Waals surface area contributed by atoms with Crippen LogP contribution in [0.5, 0.6) is 5.75 Å². The number of nitrogens with one attached hydrogen (secondary N) is 2. The second-order valence-corrected chi connectivity index (χ2v) is 5.91. The second kappa shape index (κ2) is 8.85. The first-order valence-corrected chi connectivity index (χ1v) is 8.71. The van der Waals surface area contributed by atoms with Crippen molar-refractivity contribution in [2.75, 3.05) is 20.7 Å². The molecule has 0 atom stereocenters. The van der Waals surface area contributed by atoms with Gasteiger partial charge in [0.1, 0.15) is 5.75 Å². The van der Waals surface area contributed by atoms with Crippen molar-refractivity contribution in [1.29, 1.82) is 0 Å². The van der Waals surface area contributed by atoms with E-state index >= 15 is 0 Å². The molecule has 0 bridgehead atoms. The number of pyridine rings is 1. The molecule has 0 amide bonds. The van der Waals surface area contributed by atoms with Gasteiger partial charge in [0.15, 0.2) is 5.96 Å². The van der Waals surface area contributed by atoms with Crippen LogP contribution in [0.3, 0.4) is 0 Å². The molecule has 0 aliphatic rings. The number of aliphatic imine (C=N–C) groups is 1. The zero-order chi connectivity index (χ0) is 18.2. The second-order valence-electron chi connectivity index (χ2n) is 5.91. The van der Waals surface area contributed by atoms with E-state index in [4.69, 9.17) is 4.74 Å². The van der Waals surface area contributed by atoms with Gasteiger partial charge in [0.2, 0.25) is 0 Å². The molecule has 0 spiro atoms. The van der Waals surface area contributed by atoms with Gasteiger partial charge in [-0.1, -0.05) is 42.5 Å². The van der Waals surface area contributed by atoms with Gasteiger partial charge in [0.25, 0.3) is 0 Å². The van der Waals surface area contributed by atoms with Crippen molar-refractivity contribution in [2.24, 2.45) is 4.99 Å². The molecule has 0 saturated carbocycles. The first-order valence-electron chi connectivity index (χ1n) is 8.71. The number of guanidine groups is 1. The fourth-order valence-corrected chi connectivity index (χ4v) is 2.93. The number of ether oxygens (including phenoxy) is 1. The van der Waals surface area contributed by atoms with Gasteiger partial charge in [0, 0.05) is 37.3 Å². The summed E-state index contributed by atoms with van der Waals surface area (Å²) in [4.78, 5) is 8.80. The highest BCUT2D eigenvalue weighted by atomic mass is 16.5. The summed E-state index contributed by atoms with van der Waals surface area (Å²) in [6, 6.07) is 18.3. The van der Waals surface area contributed by atoms with Gasteiger partial charge in [-0.05, 0) is 24.1 Å². The molecule has 2 N–H and O–H groups in total. The van der Waals surface area contributed by atoms with Crippen LogP contribution in [0.25, 0.3) is 10.9 Å². The van der Waals surface area contributed by atoms with E-state index < -0.39 is 0 Å². The molecule has 3 aromatic rings. The summed E-state index contributed by atoms with van der Waals surface area (Å²) in [6.45, 7) is 1.43. The van der Waals surface area contributed by atoms with E-state index in [1.54, 1.807) is 14.2 Å². The monoisotopic (exact) mass is 348 g/mol. The van der Waals surface area contributed by atoms with E-state index in [9.17, 15) is 0 Å². The average Bonchev–Trinajstić information content (AvgIpc) is 2.71. The van der Waals surface area contributed by atoms with Crippen molar-refractivity contribution < 1.29 is 4.74 Å². The van der Waals surface area contributed by atoms with Gasteiger partial charge in [-0.3, -0.25) is 9.98 Å². The van der Waals surface area contributed by atoms with Gasteiger partial charge >= 0.3 is 0 Å². The Kier molecular flexibility index (Phi) is 6.04. The summed E-state index contributed by atoms with van der Waals surface area (Å²) < 4.78 is 5.38. The minimum absolute atomic E-state index is 0.652. The lowest BCUT2D eigenvalue weighted by atomic mass is 10.1. The first-order chi connectivity index (χ1) is 12.8. The molecule has 0 aliphatic heterocycles. The summed E-state index contributed by atoms with van der Waals surface area (Å²) in [7, 11) is 3.46. The summed E-state index contributed by atoms with van der Waals surface area (Å²) >= 11 is 0. The summed E-state index contributed by atoms with van der Waals surface area (Å²) in [5, 5.41) is 7.86. The minimum atomic E-state index is 0.652. The topological polar surface area (TPSA) is 58.5 Å². The lowest BCUT2D eigenvalue weighted by molar-refractivity contribution is 0.409. The molecular weight excluding hydrogens is 324 g/mol. The van der Waals surface area contributed by atoms with Gasteiger partial charge in [-0.2, -0.15) is 0 Å². The molecule has 0 aliphatic carbocycles. The Morgan fingerprint density at radius 3 is 2.65 bits per heavy atom. The van der Waals surface area contributed by atoms with E-state index in [0.29, 0.717) is 6.54 Å². The van der Waals surface area contributed by atoms with Gasteiger partial charge < -0.3 is 15.4 Å². The maximum Gasteiger partial charge on any atom is 0.191 e. The van der Waals surface area contributed by atoms with Gasteiger partial charge in [0.05, 0.1) is 12.6 Å². The molecule has 26 heavy (non-hydrogen) atoms. The summed E-state index contributed by atoms with van der Waals surface area (Å²) in [5.41, 5.74) is 3.39. The quantitative estimate of drug-likeness (QED) is 0.531. The molecule has 134 valence electrons. The molecular formula is C21H24N4O. The van der Waals surface area contributed by atoms with Crippen molar-refractivity contribution >= 4 is 16.9 Å². The van der Waals surface area contributed by atoms with E-state index in [1.807, 2.05) is 36.5 Å². The summed E-state index contributed by atoms with van der Waals surface area (Å²) in [6.07, 6.45) is 2.72. The van der Waals surface area contributed by atoms with Crippen molar-refractivity contribution in [3.63, 3.8) is 0 Å². The predicted octanol–water partition coefficient (Wildman–Crippen LogP) is 3.15. The number of para-hydroxylation sites is 2. The Hall–Kier alpha value is -3.08. The Morgan fingerprint density at radius 2 is 1.81 bits per heavy atom. The first kappa shape index (κ1) is 17.7. The average molecular weight is 348 g/mol. The van der Waals surface area contributed by atoms with Crippen LogP contribution >= 0.6 is 0 Å². The molecule has 1 aromatic heterocycles. The van der Waals surface area contributed by atoms with E-state index in [1.165, 1.54) is 10.9 Å². The molecule has 0 saturated heterocycles. The Bertz CT molecular complexity index is 887. The van der Waals surface area contributed by atoms with Crippen LogP contribution in [-0.4, -0.2) is 31.6 Å². The van der Waals surface area contributed by atoms with Crippen LogP contribution in [-0.2, 0) is 13.0 Å². The smallest absolute Gasteiger partial charge is 0.191 e. The minimum Gasteiger partial charge on any atom is -0.496 e. The zero-order valence-electron chi connectivity index (χ0n) is 15.2. The molecule has 0 unspecified atom stereocenters. The molecule has 3 rings (SSSR count). The SMILES string of the molecule is CN=C(NCCc1cccc2cccnc12)NCc1ccccc1OC. The number of hydrogen-bond acceptors (Lipinski definition) is 3. The normalized spacial score (nSPS) is 11.4. The third kappa shape index (κ3) is 4.30. The fraction of sp³-hybridized carbons (Fsp3) is 0.238.